The first-order chi connectivity index (χ1) is 10.6. The van der Waals surface area contributed by atoms with E-state index in [2.05, 4.69) is 5.32 Å². The molecule has 1 aromatic carbocycles. The van der Waals surface area contributed by atoms with E-state index in [1.807, 2.05) is 0 Å². The van der Waals surface area contributed by atoms with Gasteiger partial charge in [-0.2, -0.15) is 0 Å². The minimum atomic E-state index is -0.470. The van der Waals surface area contributed by atoms with E-state index in [-0.39, 0.29) is 24.0 Å². The molecule has 1 saturated carbocycles. The fourth-order valence-electron chi connectivity index (χ4n) is 2.51. The summed E-state index contributed by atoms with van der Waals surface area (Å²) < 4.78 is 11.4. The van der Waals surface area contributed by atoms with Gasteiger partial charge in [0.05, 0.1) is 12.6 Å². The Morgan fingerprint density at radius 3 is 2.55 bits per heavy atom. The number of nitrogens with one attached hydrogen (secondary N) is 1. The van der Waals surface area contributed by atoms with Crippen molar-refractivity contribution in [3.63, 3.8) is 0 Å². The largest absolute Gasteiger partial charge is 0.486 e. The molecular formula is C16H20N2O4. The first kappa shape index (κ1) is 14.8. The molecular weight excluding hydrogens is 284 g/mol. The summed E-state index contributed by atoms with van der Waals surface area (Å²) in [7, 11) is 0. The number of benzene rings is 1. The van der Waals surface area contributed by atoms with Crippen LogP contribution < -0.4 is 15.8 Å². The van der Waals surface area contributed by atoms with Crippen molar-refractivity contribution < 1.29 is 19.1 Å². The lowest BCUT2D eigenvalue weighted by Crippen LogP contribution is -2.51. The van der Waals surface area contributed by atoms with Crippen LogP contribution in [0.1, 0.15) is 29.6 Å². The fourth-order valence-corrected chi connectivity index (χ4v) is 2.51. The van der Waals surface area contributed by atoms with Crippen molar-refractivity contribution in [2.75, 3.05) is 13.2 Å². The SMILES string of the molecule is NC(=O)c1ccc(OC2COCCC2NC(=O)C2CC2)cc1. The molecule has 1 aliphatic heterocycles. The van der Waals surface area contributed by atoms with Gasteiger partial charge in [-0.25, -0.2) is 0 Å². The highest BCUT2D eigenvalue weighted by atomic mass is 16.5. The molecule has 2 unspecified atom stereocenters. The van der Waals surface area contributed by atoms with Gasteiger partial charge in [0.15, 0.2) is 0 Å². The molecule has 1 aliphatic carbocycles. The molecule has 118 valence electrons. The number of carbonyl (C=O) groups excluding carboxylic acids is 2. The molecule has 3 N–H and O–H groups in total. The smallest absolute Gasteiger partial charge is 0.248 e. The first-order valence-corrected chi connectivity index (χ1v) is 7.58. The molecule has 2 aliphatic rings. The number of amides is 2. The Kier molecular flexibility index (Phi) is 4.29. The number of carbonyl (C=O) groups is 2. The second-order valence-electron chi connectivity index (χ2n) is 5.80. The third-order valence-electron chi connectivity index (χ3n) is 4.01. The van der Waals surface area contributed by atoms with Crippen molar-refractivity contribution in [2.45, 2.75) is 31.4 Å². The first-order valence-electron chi connectivity index (χ1n) is 7.58. The quantitative estimate of drug-likeness (QED) is 0.843. The van der Waals surface area contributed by atoms with E-state index in [4.69, 9.17) is 15.2 Å². The zero-order valence-corrected chi connectivity index (χ0v) is 12.3. The molecule has 1 aromatic rings. The highest BCUT2D eigenvalue weighted by molar-refractivity contribution is 5.92. The number of nitrogens with two attached hydrogens (primary N) is 1. The Balaban J connectivity index is 1.62. The molecule has 6 heteroatoms. The number of primary amides is 1. The maximum atomic E-state index is 11.9. The molecule has 1 saturated heterocycles. The van der Waals surface area contributed by atoms with Crippen LogP contribution in [0.4, 0.5) is 0 Å². The highest BCUT2D eigenvalue weighted by Gasteiger charge is 2.35. The monoisotopic (exact) mass is 304 g/mol. The maximum absolute atomic E-state index is 11.9. The number of rotatable bonds is 5. The summed E-state index contributed by atoms with van der Waals surface area (Å²) in [6, 6.07) is 6.61. The van der Waals surface area contributed by atoms with E-state index < -0.39 is 5.91 Å². The van der Waals surface area contributed by atoms with Crippen LogP contribution in [0, 0.1) is 5.92 Å². The average molecular weight is 304 g/mol. The molecule has 22 heavy (non-hydrogen) atoms. The van der Waals surface area contributed by atoms with E-state index in [1.54, 1.807) is 24.3 Å². The van der Waals surface area contributed by atoms with Gasteiger partial charge in [-0.1, -0.05) is 0 Å². The van der Waals surface area contributed by atoms with E-state index in [1.165, 1.54) is 0 Å². The molecule has 0 radical (unpaired) electrons. The van der Waals surface area contributed by atoms with Gasteiger partial charge in [0.25, 0.3) is 0 Å². The van der Waals surface area contributed by atoms with Gasteiger partial charge in [0.2, 0.25) is 11.8 Å². The standard InChI is InChI=1S/C16H20N2O4/c17-15(19)10-3-5-12(6-4-10)22-14-9-21-8-7-13(14)18-16(20)11-1-2-11/h3-6,11,13-14H,1-2,7-9H2,(H2,17,19)(H,18,20). The van der Waals surface area contributed by atoms with Crippen LogP contribution in [-0.4, -0.2) is 37.2 Å². The summed E-state index contributed by atoms with van der Waals surface area (Å²) in [5, 5.41) is 3.06. The van der Waals surface area contributed by atoms with Gasteiger partial charge in [0, 0.05) is 18.1 Å². The van der Waals surface area contributed by atoms with E-state index >= 15 is 0 Å². The summed E-state index contributed by atoms with van der Waals surface area (Å²) in [5.41, 5.74) is 5.65. The van der Waals surface area contributed by atoms with Crippen molar-refractivity contribution in [3.8, 4) is 5.75 Å². The topological polar surface area (TPSA) is 90.7 Å². The molecule has 2 atom stereocenters. The van der Waals surface area contributed by atoms with Crippen LogP contribution in [0.15, 0.2) is 24.3 Å². The zero-order valence-electron chi connectivity index (χ0n) is 12.3. The third kappa shape index (κ3) is 3.57. The predicted octanol–water partition coefficient (Wildman–Crippen LogP) is 0.848. The number of hydrogen-bond acceptors (Lipinski definition) is 4. The molecule has 0 spiro atoms. The minimum Gasteiger partial charge on any atom is -0.486 e. The summed E-state index contributed by atoms with van der Waals surface area (Å²) >= 11 is 0. The molecule has 2 fully saturated rings. The molecule has 6 nitrogen and oxygen atoms in total. The lowest BCUT2D eigenvalue weighted by molar-refractivity contribution is -0.125. The van der Waals surface area contributed by atoms with Gasteiger partial charge in [-0.3, -0.25) is 9.59 Å². The van der Waals surface area contributed by atoms with Gasteiger partial charge < -0.3 is 20.5 Å². The fraction of sp³-hybridized carbons (Fsp3) is 0.500. The van der Waals surface area contributed by atoms with Crippen LogP contribution in [0.2, 0.25) is 0 Å². The van der Waals surface area contributed by atoms with Crippen LogP contribution in [-0.2, 0) is 9.53 Å². The zero-order chi connectivity index (χ0) is 15.5. The van der Waals surface area contributed by atoms with Crippen molar-refractivity contribution in [3.05, 3.63) is 29.8 Å². The minimum absolute atomic E-state index is 0.0438. The Bertz CT molecular complexity index is 554. The normalized spacial score (nSPS) is 24.5. The van der Waals surface area contributed by atoms with Crippen LogP contribution >= 0.6 is 0 Å². The van der Waals surface area contributed by atoms with Crippen molar-refractivity contribution in [1.82, 2.24) is 5.32 Å². The second kappa shape index (κ2) is 6.36. The number of ether oxygens (including phenoxy) is 2. The lowest BCUT2D eigenvalue weighted by atomic mass is 10.1. The van der Waals surface area contributed by atoms with E-state index in [9.17, 15) is 9.59 Å². The van der Waals surface area contributed by atoms with Crippen molar-refractivity contribution >= 4 is 11.8 Å². The van der Waals surface area contributed by atoms with Gasteiger partial charge in [0.1, 0.15) is 11.9 Å². The van der Waals surface area contributed by atoms with Crippen LogP contribution in [0.5, 0.6) is 5.75 Å². The Morgan fingerprint density at radius 1 is 1.18 bits per heavy atom. The third-order valence-corrected chi connectivity index (χ3v) is 4.01. The van der Waals surface area contributed by atoms with Crippen molar-refractivity contribution in [1.29, 1.82) is 0 Å². The Labute approximate surface area is 129 Å². The molecule has 0 aromatic heterocycles. The highest BCUT2D eigenvalue weighted by Crippen LogP contribution is 2.29. The average Bonchev–Trinajstić information content (AvgIpc) is 3.34. The Morgan fingerprint density at radius 2 is 1.91 bits per heavy atom. The second-order valence-corrected chi connectivity index (χ2v) is 5.80. The predicted molar refractivity (Wildman–Crippen MR) is 79.5 cm³/mol. The van der Waals surface area contributed by atoms with Crippen LogP contribution in [0.3, 0.4) is 0 Å². The molecule has 3 rings (SSSR count). The molecule has 1 heterocycles. The molecule has 2 amide bonds. The van der Waals surface area contributed by atoms with Crippen molar-refractivity contribution in [2.24, 2.45) is 11.7 Å². The maximum Gasteiger partial charge on any atom is 0.248 e. The van der Waals surface area contributed by atoms with Gasteiger partial charge >= 0.3 is 0 Å². The van der Waals surface area contributed by atoms with E-state index in [0.29, 0.717) is 24.5 Å². The van der Waals surface area contributed by atoms with Crippen LogP contribution in [0.25, 0.3) is 0 Å². The molecule has 0 bridgehead atoms. The number of hydrogen-bond donors (Lipinski definition) is 2. The van der Waals surface area contributed by atoms with E-state index in [0.717, 1.165) is 19.3 Å². The van der Waals surface area contributed by atoms with Gasteiger partial charge in [-0.05, 0) is 43.5 Å². The lowest BCUT2D eigenvalue weighted by Gasteiger charge is -2.32. The summed E-state index contributed by atoms with van der Waals surface area (Å²) in [4.78, 5) is 23.0. The Hall–Kier alpha value is -2.08. The summed E-state index contributed by atoms with van der Waals surface area (Å²) in [5.74, 6) is 0.455. The summed E-state index contributed by atoms with van der Waals surface area (Å²) in [6.45, 7) is 1.06. The van der Waals surface area contributed by atoms with Gasteiger partial charge in [-0.15, -0.1) is 0 Å². The summed E-state index contributed by atoms with van der Waals surface area (Å²) in [6.07, 6.45) is 2.48.